The van der Waals surface area contributed by atoms with Crippen molar-refractivity contribution in [2.45, 2.75) is 89.3 Å². The molecular formula is C39H58N6O3S. The minimum atomic E-state index is -0.399. The van der Waals surface area contributed by atoms with Gasteiger partial charge in [-0.05, 0) is 61.8 Å². The van der Waals surface area contributed by atoms with Gasteiger partial charge in [-0.15, -0.1) is 11.8 Å². The zero-order valence-electron chi connectivity index (χ0n) is 30.0. The summed E-state index contributed by atoms with van der Waals surface area (Å²) in [5, 5.41) is 2.58. The molecule has 2 aromatic carbocycles. The van der Waals surface area contributed by atoms with E-state index in [1.54, 1.807) is 11.8 Å². The monoisotopic (exact) mass is 690 g/mol. The lowest BCUT2D eigenvalue weighted by molar-refractivity contribution is -0.137. The van der Waals surface area contributed by atoms with Crippen molar-refractivity contribution >= 4 is 41.0 Å². The summed E-state index contributed by atoms with van der Waals surface area (Å²) in [6.45, 7) is 16.7. The van der Waals surface area contributed by atoms with E-state index in [1.165, 1.54) is 24.1 Å². The van der Waals surface area contributed by atoms with Crippen LogP contribution in [0.5, 0.6) is 0 Å². The average molecular weight is 691 g/mol. The summed E-state index contributed by atoms with van der Waals surface area (Å²) < 4.78 is 0. The number of carbonyl (C=O) groups excluding carboxylic acids is 3. The van der Waals surface area contributed by atoms with Crippen LogP contribution < -0.4 is 10.2 Å². The molecule has 10 heteroatoms. The normalized spacial score (nSPS) is 22.7. The van der Waals surface area contributed by atoms with E-state index in [1.807, 2.05) is 28.0 Å². The van der Waals surface area contributed by atoms with E-state index in [0.29, 0.717) is 26.2 Å². The molecule has 0 saturated carbocycles. The molecule has 4 aliphatic heterocycles. The summed E-state index contributed by atoms with van der Waals surface area (Å²) in [5.41, 5.74) is 4.55. The number of likely N-dealkylation sites (tertiary alicyclic amines) is 1. The Balaban J connectivity index is 0.00000486. The van der Waals surface area contributed by atoms with Gasteiger partial charge in [-0.3, -0.25) is 14.5 Å². The Hall–Kier alpha value is -3.24. The van der Waals surface area contributed by atoms with E-state index < -0.39 is 5.25 Å². The van der Waals surface area contributed by atoms with Crippen LogP contribution in [0.25, 0.3) is 0 Å². The number of nitrogens with one attached hydrogen (secondary N) is 1. The van der Waals surface area contributed by atoms with E-state index >= 15 is 0 Å². The Labute approximate surface area is 299 Å². The number of amides is 4. The highest BCUT2D eigenvalue weighted by Gasteiger charge is 2.44. The van der Waals surface area contributed by atoms with Crippen LogP contribution in [0.4, 0.5) is 16.2 Å². The fourth-order valence-corrected chi connectivity index (χ4v) is 9.18. The molecule has 2 unspecified atom stereocenters. The van der Waals surface area contributed by atoms with Crippen LogP contribution in [0, 0.1) is 5.41 Å². The predicted octanol–water partition coefficient (Wildman–Crippen LogP) is 6.70. The summed E-state index contributed by atoms with van der Waals surface area (Å²) in [6.07, 6.45) is 5.89. The Bertz CT molecular complexity index is 1470. The second kappa shape index (κ2) is 15.8. The molecule has 9 nitrogen and oxygen atoms in total. The smallest absolute Gasteiger partial charge is 0.322 e. The first kappa shape index (κ1) is 35.6. The highest BCUT2D eigenvalue weighted by atomic mass is 32.2. The number of thioether (sulfide) groups is 1. The van der Waals surface area contributed by atoms with Crippen molar-refractivity contribution in [3.63, 3.8) is 0 Å². The Kier molecular flexibility index (Phi) is 11.4. The number of piperazine rings is 1. The quantitative estimate of drug-likeness (QED) is 0.299. The van der Waals surface area contributed by atoms with Crippen LogP contribution in [0.3, 0.4) is 0 Å². The van der Waals surface area contributed by atoms with Crippen LogP contribution in [-0.4, -0.2) is 108 Å². The van der Waals surface area contributed by atoms with Gasteiger partial charge in [0.05, 0.1) is 5.25 Å². The number of unbranched alkanes of at least 4 members (excludes halogenated alkanes) is 1. The third kappa shape index (κ3) is 8.56. The number of fused-ring (bicyclic) bond motifs is 1. The summed E-state index contributed by atoms with van der Waals surface area (Å²) in [4.78, 5) is 52.0. The first-order valence-electron chi connectivity index (χ1n) is 18.6. The molecule has 3 fully saturated rings. The lowest BCUT2D eigenvalue weighted by atomic mass is 9.92. The van der Waals surface area contributed by atoms with E-state index in [0.717, 1.165) is 69.7 Å². The molecule has 2 atom stereocenters. The number of piperidine rings is 1. The van der Waals surface area contributed by atoms with Gasteiger partial charge in [-0.1, -0.05) is 70.5 Å². The molecule has 1 N–H and O–H groups in total. The van der Waals surface area contributed by atoms with Gasteiger partial charge in [0, 0.05) is 83.2 Å². The molecule has 2 aromatic rings. The Morgan fingerprint density at radius 3 is 2.37 bits per heavy atom. The predicted molar refractivity (Wildman–Crippen MR) is 202 cm³/mol. The molecular weight excluding hydrogens is 633 g/mol. The van der Waals surface area contributed by atoms with Crippen molar-refractivity contribution in [1.82, 2.24) is 19.6 Å². The third-order valence-corrected chi connectivity index (χ3v) is 12.2. The number of carbonyl (C=O) groups is 3. The molecule has 0 spiro atoms. The number of nitrogens with zero attached hydrogens (tertiary/aromatic N) is 5. The molecule has 268 valence electrons. The van der Waals surface area contributed by atoms with E-state index in [2.05, 4.69) is 78.0 Å². The number of rotatable bonds is 10. The molecule has 4 amide bonds. The van der Waals surface area contributed by atoms with Crippen LogP contribution in [-0.2, 0) is 16.0 Å². The minimum absolute atomic E-state index is 0. The van der Waals surface area contributed by atoms with E-state index in [4.69, 9.17) is 0 Å². The Morgan fingerprint density at radius 2 is 1.63 bits per heavy atom. The van der Waals surface area contributed by atoms with Gasteiger partial charge in [0.1, 0.15) is 5.37 Å². The molecule has 6 rings (SSSR count). The molecule has 4 aliphatic rings. The van der Waals surface area contributed by atoms with Crippen molar-refractivity contribution in [2.75, 3.05) is 69.1 Å². The topological polar surface area (TPSA) is 79.4 Å². The van der Waals surface area contributed by atoms with Gasteiger partial charge in [0.15, 0.2) is 0 Å². The van der Waals surface area contributed by atoms with Crippen LogP contribution in [0.1, 0.15) is 84.1 Å². The lowest BCUT2D eigenvalue weighted by Gasteiger charge is -2.38. The minimum Gasteiger partial charge on any atom is -0.369 e. The molecule has 3 saturated heterocycles. The SMILES string of the molecule is CCCCN1CCN(c2ccccc2C2SC(CC(=O)N3CCC(N4CCc5ccccc5NC4=O)CC3)C(=O)N2CCC(C)(C)C)CC1.[HH]. The standard InChI is InChI=1S/C39H56N6O3S.H2/c1-5-6-19-41-24-26-42(27-25-41)33-14-10-8-12-31(33)37-45(23-18-39(2,3)4)36(47)34(49-37)28-35(46)43-20-16-30(17-21-43)44-22-15-29-11-7-9-13-32(29)40-38(44)48;/h7-14,30,34,37H,5-6,15-28H2,1-4H3,(H,40,48);1H. The lowest BCUT2D eigenvalue weighted by Crippen LogP contribution is -2.50. The van der Waals surface area contributed by atoms with Crippen LogP contribution >= 0.6 is 11.8 Å². The van der Waals surface area contributed by atoms with Crippen molar-refractivity contribution in [1.29, 1.82) is 0 Å². The highest BCUT2D eigenvalue weighted by molar-refractivity contribution is 8.01. The molecule has 0 bridgehead atoms. The molecule has 4 heterocycles. The fourth-order valence-electron chi connectivity index (χ4n) is 7.68. The van der Waals surface area contributed by atoms with E-state index in [9.17, 15) is 14.4 Å². The van der Waals surface area contributed by atoms with Gasteiger partial charge in [-0.25, -0.2) is 4.79 Å². The second-order valence-electron chi connectivity index (χ2n) is 15.4. The van der Waals surface area contributed by atoms with E-state index in [-0.39, 0.29) is 42.5 Å². The number of benzene rings is 2. The van der Waals surface area contributed by atoms with Crippen molar-refractivity contribution in [3.05, 3.63) is 59.7 Å². The highest BCUT2D eigenvalue weighted by Crippen LogP contribution is 2.48. The fraction of sp³-hybridized carbons (Fsp3) is 0.615. The first-order valence-corrected chi connectivity index (χ1v) is 19.5. The average Bonchev–Trinajstić information content (AvgIpc) is 3.29. The van der Waals surface area contributed by atoms with Crippen molar-refractivity contribution in [3.8, 4) is 0 Å². The van der Waals surface area contributed by atoms with Crippen molar-refractivity contribution < 1.29 is 15.8 Å². The first-order chi connectivity index (χ1) is 23.6. The molecule has 49 heavy (non-hydrogen) atoms. The molecule has 0 aromatic heterocycles. The van der Waals surface area contributed by atoms with Crippen molar-refractivity contribution in [2.24, 2.45) is 5.41 Å². The zero-order chi connectivity index (χ0) is 34.5. The van der Waals surface area contributed by atoms with Gasteiger partial charge in [-0.2, -0.15) is 0 Å². The molecule has 0 radical (unpaired) electrons. The number of hydrogen-bond acceptors (Lipinski definition) is 6. The maximum atomic E-state index is 14.1. The Morgan fingerprint density at radius 1 is 0.918 bits per heavy atom. The number of anilines is 2. The van der Waals surface area contributed by atoms with Crippen LogP contribution in [0.2, 0.25) is 0 Å². The third-order valence-electron chi connectivity index (χ3n) is 10.7. The number of urea groups is 1. The van der Waals surface area contributed by atoms with Gasteiger partial charge < -0.3 is 24.9 Å². The molecule has 0 aliphatic carbocycles. The number of hydrogen-bond donors (Lipinski definition) is 1. The summed E-state index contributed by atoms with van der Waals surface area (Å²) in [6, 6.07) is 16.7. The summed E-state index contributed by atoms with van der Waals surface area (Å²) in [7, 11) is 0. The second-order valence-corrected chi connectivity index (χ2v) is 16.7. The maximum absolute atomic E-state index is 14.1. The van der Waals surface area contributed by atoms with Gasteiger partial charge in [0.25, 0.3) is 0 Å². The largest absolute Gasteiger partial charge is 0.369 e. The number of para-hydroxylation sites is 2. The van der Waals surface area contributed by atoms with Gasteiger partial charge >= 0.3 is 6.03 Å². The maximum Gasteiger partial charge on any atom is 0.322 e. The summed E-state index contributed by atoms with van der Waals surface area (Å²) >= 11 is 1.66. The zero-order valence-corrected chi connectivity index (χ0v) is 30.9. The summed E-state index contributed by atoms with van der Waals surface area (Å²) in [5.74, 6) is 0.132. The van der Waals surface area contributed by atoms with Gasteiger partial charge in [0.2, 0.25) is 11.8 Å². The van der Waals surface area contributed by atoms with Crippen LogP contribution in [0.15, 0.2) is 48.5 Å².